The van der Waals surface area contributed by atoms with Crippen LogP contribution in [-0.2, 0) is 9.53 Å². The zero-order valence-corrected chi connectivity index (χ0v) is 15.2. The summed E-state index contributed by atoms with van der Waals surface area (Å²) in [6.45, 7) is 7.82. The molecule has 2 aromatic rings. The number of ether oxygens (including phenoxy) is 1. The highest BCUT2D eigenvalue weighted by Gasteiger charge is 2.17. The normalized spacial score (nSPS) is 16.4. The molecule has 140 valence electrons. The molecule has 0 bridgehead atoms. The maximum atomic E-state index is 13.5. The quantitative estimate of drug-likeness (QED) is 0.858. The van der Waals surface area contributed by atoms with Crippen molar-refractivity contribution in [3.05, 3.63) is 47.5 Å². The predicted molar refractivity (Wildman–Crippen MR) is 96.7 cm³/mol. The van der Waals surface area contributed by atoms with Crippen molar-refractivity contribution < 1.29 is 13.9 Å². The summed E-state index contributed by atoms with van der Waals surface area (Å²) in [5, 5.41) is 7.38. The Bertz CT molecular complexity index is 756. The van der Waals surface area contributed by atoms with Gasteiger partial charge in [-0.05, 0) is 32.0 Å². The number of amides is 1. The molecular formula is C19H25FN4O2. The van der Waals surface area contributed by atoms with E-state index in [0.29, 0.717) is 12.1 Å². The van der Waals surface area contributed by atoms with Gasteiger partial charge in [-0.15, -0.1) is 0 Å². The topological polar surface area (TPSA) is 59.4 Å². The summed E-state index contributed by atoms with van der Waals surface area (Å²) in [6, 6.07) is 6.14. The lowest BCUT2D eigenvalue weighted by Crippen LogP contribution is -2.39. The first-order valence-electron chi connectivity index (χ1n) is 8.94. The standard InChI is InChI=1S/C19H25FN4O2/c1-14(22-19(25)6-7-23-8-10-26-11-9-23)18-13-21-24(15(18)2)17-5-3-4-16(20)12-17/h3-5,12-14H,6-11H2,1-2H3,(H,22,25)/t14-/m0/s1. The minimum atomic E-state index is -0.302. The Balaban J connectivity index is 1.59. The molecule has 0 unspecified atom stereocenters. The van der Waals surface area contributed by atoms with Gasteiger partial charge in [0.25, 0.3) is 0 Å². The van der Waals surface area contributed by atoms with Gasteiger partial charge in [0, 0.05) is 37.3 Å². The number of rotatable bonds is 6. The first kappa shape index (κ1) is 18.5. The summed E-state index contributed by atoms with van der Waals surface area (Å²) in [4.78, 5) is 14.5. The molecule has 0 saturated carbocycles. The highest BCUT2D eigenvalue weighted by atomic mass is 19.1. The third kappa shape index (κ3) is 4.47. The molecule has 2 heterocycles. The van der Waals surface area contributed by atoms with Crippen LogP contribution in [0.15, 0.2) is 30.5 Å². The van der Waals surface area contributed by atoms with E-state index in [2.05, 4.69) is 15.3 Å². The number of carbonyl (C=O) groups is 1. The lowest BCUT2D eigenvalue weighted by Gasteiger charge is -2.26. The molecule has 0 radical (unpaired) electrons. The van der Waals surface area contributed by atoms with Gasteiger partial charge in [-0.25, -0.2) is 9.07 Å². The smallest absolute Gasteiger partial charge is 0.221 e. The number of hydrogen-bond donors (Lipinski definition) is 1. The van der Waals surface area contributed by atoms with E-state index in [1.807, 2.05) is 13.8 Å². The van der Waals surface area contributed by atoms with Crippen LogP contribution < -0.4 is 5.32 Å². The van der Waals surface area contributed by atoms with E-state index < -0.39 is 0 Å². The van der Waals surface area contributed by atoms with E-state index in [4.69, 9.17) is 4.74 Å². The predicted octanol–water partition coefficient (Wildman–Crippen LogP) is 2.22. The number of hydrogen-bond acceptors (Lipinski definition) is 4. The third-order valence-electron chi connectivity index (χ3n) is 4.70. The Morgan fingerprint density at radius 3 is 2.88 bits per heavy atom. The van der Waals surface area contributed by atoms with E-state index in [1.165, 1.54) is 12.1 Å². The van der Waals surface area contributed by atoms with E-state index in [0.717, 1.165) is 44.1 Å². The molecule has 6 nitrogen and oxygen atoms in total. The van der Waals surface area contributed by atoms with Crippen LogP contribution in [0.3, 0.4) is 0 Å². The number of halogens is 1. The third-order valence-corrected chi connectivity index (χ3v) is 4.70. The fraction of sp³-hybridized carbons (Fsp3) is 0.474. The minimum Gasteiger partial charge on any atom is -0.379 e. The molecule has 1 aromatic carbocycles. The van der Waals surface area contributed by atoms with Crippen LogP contribution in [0.25, 0.3) is 5.69 Å². The summed E-state index contributed by atoms with van der Waals surface area (Å²) in [5.74, 6) is -0.287. The van der Waals surface area contributed by atoms with Crippen LogP contribution in [0.5, 0.6) is 0 Å². The second-order valence-electron chi connectivity index (χ2n) is 6.57. The number of morpholine rings is 1. The molecule has 3 rings (SSSR count). The van der Waals surface area contributed by atoms with E-state index >= 15 is 0 Å². The molecule has 1 amide bonds. The zero-order valence-electron chi connectivity index (χ0n) is 15.2. The van der Waals surface area contributed by atoms with Crippen molar-refractivity contribution in [2.75, 3.05) is 32.8 Å². The van der Waals surface area contributed by atoms with Crippen LogP contribution in [0.2, 0.25) is 0 Å². The lowest BCUT2D eigenvalue weighted by molar-refractivity contribution is -0.122. The lowest BCUT2D eigenvalue weighted by atomic mass is 10.1. The van der Waals surface area contributed by atoms with Gasteiger partial charge >= 0.3 is 0 Å². The van der Waals surface area contributed by atoms with Gasteiger partial charge in [-0.1, -0.05) is 6.07 Å². The summed E-state index contributed by atoms with van der Waals surface area (Å²) < 4.78 is 20.5. The molecule has 0 aliphatic carbocycles. The minimum absolute atomic E-state index is 0.0156. The average molecular weight is 360 g/mol. The molecule has 1 N–H and O–H groups in total. The van der Waals surface area contributed by atoms with E-state index in [-0.39, 0.29) is 17.8 Å². The highest BCUT2D eigenvalue weighted by molar-refractivity contribution is 5.76. The van der Waals surface area contributed by atoms with Crippen molar-refractivity contribution in [2.24, 2.45) is 0 Å². The molecule has 0 spiro atoms. The van der Waals surface area contributed by atoms with Crippen LogP contribution in [-0.4, -0.2) is 53.4 Å². The summed E-state index contributed by atoms with van der Waals surface area (Å²) in [7, 11) is 0. The maximum absolute atomic E-state index is 13.5. The summed E-state index contributed by atoms with van der Waals surface area (Å²) in [6.07, 6.45) is 2.19. The molecule has 26 heavy (non-hydrogen) atoms. The Morgan fingerprint density at radius 2 is 2.15 bits per heavy atom. The van der Waals surface area contributed by atoms with Crippen molar-refractivity contribution in [3.63, 3.8) is 0 Å². The van der Waals surface area contributed by atoms with Crippen molar-refractivity contribution in [2.45, 2.75) is 26.3 Å². The van der Waals surface area contributed by atoms with Gasteiger partial charge in [0.1, 0.15) is 5.82 Å². The molecule has 1 saturated heterocycles. The number of nitrogens with zero attached hydrogens (tertiary/aromatic N) is 3. The Kier molecular flexibility index (Phi) is 6.00. The van der Waals surface area contributed by atoms with Crippen LogP contribution in [0.4, 0.5) is 4.39 Å². The van der Waals surface area contributed by atoms with Crippen molar-refractivity contribution in [3.8, 4) is 5.69 Å². The molecule has 7 heteroatoms. The Morgan fingerprint density at radius 1 is 1.38 bits per heavy atom. The highest BCUT2D eigenvalue weighted by Crippen LogP contribution is 2.20. The van der Waals surface area contributed by atoms with Gasteiger partial charge in [0.2, 0.25) is 5.91 Å². The monoisotopic (exact) mass is 360 g/mol. The van der Waals surface area contributed by atoms with Gasteiger partial charge in [-0.3, -0.25) is 9.69 Å². The van der Waals surface area contributed by atoms with Crippen LogP contribution in [0.1, 0.15) is 30.6 Å². The van der Waals surface area contributed by atoms with Gasteiger partial charge < -0.3 is 10.1 Å². The SMILES string of the molecule is Cc1c([C@H](C)NC(=O)CCN2CCOCC2)cnn1-c1cccc(F)c1. The zero-order chi connectivity index (χ0) is 18.5. The second-order valence-corrected chi connectivity index (χ2v) is 6.57. The van der Waals surface area contributed by atoms with Gasteiger partial charge in [0.05, 0.1) is 31.1 Å². The first-order chi connectivity index (χ1) is 12.5. The fourth-order valence-electron chi connectivity index (χ4n) is 3.19. The second kappa shape index (κ2) is 8.42. The van der Waals surface area contributed by atoms with Gasteiger partial charge in [0.15, 0.2) is 0 Å². The number of nitrogens with one attached hydrogen (secondary N) is 1. The number of carbonyl (C=O) groups excluding carboxylic acids is 1. The summed E-state index contributed by atoms with van der Waals surface area (Å²) in [5.41, 5.74) is 2.48. The van der Waals surface area contributed by atoms with E-state index in [9.17, 15) is 9.18 Å². The van der Waals surface area contributed by atoms with E-state index in [1.54, 1.807) is 23.0 Å². The largest absolute Gasteiger partial charge is 0.379 e. The van der Waals surface area contributed by atoms with Gasteiger partial charge in [-0.2, -0.15) is 5.10 Å². The number of aromatic nitrogens is 2. The molecular weight excluding hydrogens is 335 g/mol. The van der Waals surface area contributed by atoms with Crippen molar-refractivity contribution in [1.82, 2.24) is 20.0 Å². The van der Waals surface area contributed by atoms with Crippen molar-refractivity contribution in [1.29, 1.82) is 0 Å². The first-order valence-corrected chi connectivity index (χ1v) is 8.94. The molecule has 1 aliphatic heterocycles. The number of benzene rings is 1. The fourth-order valence-corrected chi connectivity index (χ4v) is 3.19. The molecule has 1 fully saturated rings. The van der Waals surface area contributed by atoms with Crippen LogP contribution >= 0.6 is 0 Å². The van der Waals surface area contributed by atoms with Crippen LogP contribution in [0, 0.1) is 12.7 Å². The molecule has 1 aromatic heterocycles. The van der Waals surface area contributed by atoms with Crippen molar-refractivity contribution >= 4 is 5.91 Å². The maximum Gasteiger partial charge on any atom is 0.221 e. The Labute approximate surface area is 152 Å². The molecule has 1 aliphatic rings. The summed E-state index contributed by atoms with van der Waals surface area (Å²) >= 11 is 0. The average Bonchev–Trinajstić information content (AvgIpc) is 3.02. The Hall–Kier alpha value is -2.25. The molecule has 1 atom stereocenters.